The second-order valence-electron chi connectivity index (χ2n) is 11.7. The number of hydrogen-bond acceptors (Lipinski definition) is 3. The summed E-state index contributed by atoms with van der Waals surface area (Å²) in [6.45, 7) is 12.0. The molecule has 2 unspecified atom stereocenters. The van der Waals surface area contributed by atoms with Crippen LogP contribution in [0.25, 0.3) is 0 Å². The van der Waals surface area contributed by atoms with E-state index in [0.717, 1.165) is 30.9 Å². The Morgan fingerprint density at radius 3 is 2.43 bits per heavy atom. The quantitative estimate of drug-likeness (QED) is 0.564. The number of carbonyl (C=O) groups excluding carboxylic acids is 1. The lowest BCUT2D eigenvalue weighted by atomic mass is 9.52. The number of nitrogens with zero attached hydrogens (tertiary/aromatic N) is 1. The molecular formula is C26H32N2OS. The van der Waals surface area contributed by atoms with Crippen LogP contribution >= 0.6 is 11.8 Å². The molecule has 5 rings (SSSR count). The van der Waals surface area contributed by atoms with Crippen molar-refractivity contribution in [2.45, 2.75) is 71.5 Å². The number of thioether (sulfide) groups is 1. The van der Waals surface area contributed by atoms with E-state index in [2.05, 4.69) is 46.0 Å². The van der Waals surface area contributed by atoms with Crippen molar-refractivity contribution in [1.29, 1.82) is 0 Å². The number of amidine groups is 1. The van der Waals surface area contributed by atoms with Crippen LogP contribution in [-0.4, -0.2) is 15.8 Å². The number of allylic oxidation sites excluding steroid dienone is 3. The Balaban J connectivity index is 1.59. The van der Waals surface area contributed by atoms with Crippen LogP contribution in [-0.2, 0) is 0 Å². The Morgan fingerprint density at radius 2 is 1.70 bits per heavy atom. The lowest BCUT2D eigenvalue weighted by molar-refractivity contribution is 0.0977. The minimum Gasteiger partial charge on any atom is -0.301 e. The zero-order chi connectivity index (χ0) is 21.4. The van der Waals surface area contributed by atoms with Crippen LogP contribution < -0.4 is 5.32 Å². The van der Waals surface area contributed by atoms with Crippen LogP contribution in [0.2, 0.25) is 0 Å². The number of aliphatic imine (C=N–C) groups is 1. The fourth-order valence-corrected chi connectivity index (χ4v) is 8.72. The smallest absolute Gasteiger partial charge is 0.257 e. The molecule has 1 spiro atoms. The van der Waals surface area contributed by atoms with E-state index in [-0.39, 0.29) is 26.9 Å². The first kappa shape index (κ1) is 20.1. The topological polar surface area (TPSA) is 41.5 Å². The molecule has 1 amide bonds. The molecule has 158 valence electrons. The largest absolute Gasteiger partial charge is 0.301 e. The van der Waals surface area contributed by atoms with Crippen molar-refractivity contribution < 1.29 is 4.79 Å². The van der Waals surface area contributed by atoms with Gasteiger partial charge in [-0.3, -0.25) is 4.79 Å². The molecule has 1 saturated carbocycles. The van der Waals surface area contributed by atoms with Crippen molar-refractivity contribution in [3.63, 3.8) is 0 Å². The molecule has 1 fully saturated rings. The highest BCUT2D eigenvalue weighted by Crippen LogP contribution is 2.66. The van der Waals surface area contributed by atoms with E-state index in [4.69, 9.17) is 4.99 Å². The summed E-state index contributed by atoms with van der Waals surface area (Å²) < 4.78 is 0.0213. The van der Waals surface area contributed by atoms with Gasteiger partial charge in [-0.1, -0.05) is 70.7 Å². The lowest BCUT2D eigenvalue weighted by Gasteiger charge is -2.59. The van der Waals surface area contributed by atoms with E-state index in [9.17, 15) is 4.79 Å². The molecule has 3 nitrogen and oxygen atoms in total. The lowest BCUT2D eigenvalue weighted by Crippen LogP contribution is -2.52. The summed E-state index contributed by atoms with van der Waals surface area (Å²) in [5.74, 6) is -0.0678. The van der Waals surface area contributed by atoms with Crippen LogP contribution in [0.1, 0.15) is 77.1 Å². The van der Waals surface area contributed by atoms with Gasteiger partial charge < -0.3 is 5.32 Å². The number of fused-ring (bicyclic) bond motifs is 1. The molecule has 0 aromatic heterocycles. The number of hydrogen-bond donors (Lipinski definition) is 1. The molecule has 2 atom stereocenters. The first-order valence-corrected chi connectivity index (χ1v) is 11.9. The first-order valence-electron chi connectivity index (χ1n) is 11.1. The van der Waals surface area contributed by atoms with Crippen LogP contribution in [0.15, 0.2) is 58.2 Å². The van der Waals surface area contributed by atoms with Gasteiger partial charge in [0, 0.05) is 11.3 Å². The number of amides is 1. The van der Waals surface area contributed by atoms with Crippen molar-refractivity contribution in [1.82, 2.24) is 5.32 Å². The summed E-state index contributed by atoms with van der Waals surface area (Å²) >= 11 is 1.82. The van der Waals surface area contributed by atoms with E-state index < -0.39 is 0 Å². The van der Waals surface area contributed by atoms with E-state index >= 15 is 0 Å². The van der Waals surface area contributed by atoms with Gasteiger partial charge in [-0.25, -0.2) is 4.99 Å². The third-order valence-electron chi connectivity index (χ3n) is 7.02. The Kier molecular flexibility index (Phi) is 4.26. The fourth-order valence-electron chi connectivity index (χ4n) is 6.84. The highest BCUT2D eigenvalue weighted by atomic mass is 32.2. The molecule has 3 aliphatic carbocycles. The number of nitrogens with one attached hydrogen (secondary N) is 1. The molecule has 1 heterocycles. The van der Waals surface area contributed by atoms with Gasteiger partial charge in [0.05, 0.1) is 4.75 Å². The van der Waals surface area contributed by atoms with Crippen LogP contribution in [0.5, 0.6) is 0 Å². The Hall–Kier alpha value is -1.81. The second kappa shape index (κ2) is 6.35. The van der Waals surface area contributed by atoms with E-state index in [0.29, 0.717) is 5.56 Å². The SMILES string of the molecule is CC1(C)CC2=CC3(C)CC(C)(C)CC4(C3)SC(NC(=O)c3ccccc3)=NC(=C24)C1. The molecular weight excluding hydrogens is 388 g/mol. The van der Waals surface area contributed by atoms with Crippen LogP contribution in [0, 0.1) is 16.2 Å². The van der Waals surface area contributed by atoms with Crippen molar-refractivity contribution in [3.8, 4) is 0 Å². The summed E-state index contributed by atoms with van der Waals surface area (Å²) in [5.41, 5.74) is 5.57. The zero-order valence-corrected chi connectivity index (χ0v) is 19.6. The molecule has 1 aromatic carbocycles. The highest BCUT2D eigenvalue weighted by Gasteiger charge is 2.58. The standard InChI is InChI=1S/C26H32N2OS/c1-23(2)11-18-12-25(5)14-24(3,4)15-26(16-25)20(18)19(13-23)27-22(30-26)28-21(29)17-9-7-6-8-10-17/h6-10,12H,11,13-16H2,1-5H3,(H,27,28,29). The van der Waals surface area contributed by atoms with Crippen molar-refractivity contribution in [2.75, 3.05) is 0 Å². The molecule has 1 N–H and O–H groups in total. The average Bonchev–Trinajstić information content (AvgIpc) is 2.57. The zero-order valence-electron chi connectivity index (χ0n) is 18.8. The predicted molar refractivity (Wildman–Crippen MR) is 126 cm³/mol. The van der Waals surface area contributed by atoms with Gasteiger partial charge in [0.15, 0.2) is 5.17 Å². The minimum atomic E-state index is -0.0678. The van der Waals surface area contributed by atoms with Gasteiger partial charge in [-0.05, 0) is 71.6 Å². The molecule has 4 heteroatoms. The molecule has 0 saturated heterocycles. The van der Waals surface area contributed by atoms with Gasteiger partial charge in [0.2, 0.25) is 0 Å². The van der Waals surface area contributed by atoms with Gasteiger partial charge in [0.25, 0.3) is 5.91 Å². The molecule has 4 aliphatic rings. The maximum absolute atomic E-state index is 12.9. The highest BCUT2D eigenvalue weighted by molar-refractivity contribution is 8.15. The van der Waals surface area contributed by atoms with Gasteiger partial charge in [-0.2, -0.15) is 0 Å². The number of carbonyl (C=O) groups is 1. The normalized spacial score (nSPS) is 33.2. The van der Waals surface area contributed by atoms with Gasteiger partial charge in [-0.15, -0.1) is 0 Å². The van der Waals surface area contributed by atoms with Crippen molar-refractivity contribution in [2.24, 2.45) is 21.2 Å². The third-order valence-corrected chi connectivity index (χ3v) is 8.29. The second-order valence-corrected chi connectivity index (χ2v) is 13.1. The maximum atomic E-state index is 12.9. The summed E-state index contributed by atoms with van der Waals surface area (Å²) in [6, 6.07) is 9.46. The molecule has 30 heavy (non-hydrogen) atoms. The third kappa shape index (κ3) is 3.37. The Bertz CT molecular complexity index is 1020. The molecule has 1 aromatic rings. The van der Waals surface area contributed by atoms with Crippen molar-refractivity contribution >= 4 is 22.8 Å². The Morgan fingerprint density at radius 1 is 0.967 bits per heavy atom. The molecule has 2 bridgehead atoms. The summed E-state index contributed by atoms with van der Waals surface area (Å²) in [6.07, 6.45) is 8.19. The van der Waals surface area contributed by atoms with Gasteiger partial charge in [0.1, 0.15) is 0 Å². The minimum absolute atomic E-state index is 0.0213. The van der Waals surface area contributed by atoms with Crippen LogP contribution in [0.3, 0.4) is 0 Å². The van der Waals surface area contributed by atoms with E-state index in [1.165, 1.54) is 23.3 Å². The Labute approximate surface area is 184 Å². The van der Waals surface area contributed by atoms with E-state index in [1.54, 1.807) is 0 Å². The van der Waals surface area contributed by atoms with Crippen LogP contribution in [0.4, 0.5) is 0 Å². The molecule has 1 aliphatic heterocycles. The number of benzene rings is 1. The average molecular weight is 421 g/mol. The predicted octanol–water partition coefficient (Wildman–Crippen LogP) is 6.49. The maximum Gasteiger partial charge on any atom is 0.257 e. The fraction of sp³-hybridized carbons (Fsp3) is 0.538. The summed E-state index contributed by atoms with van der Waals surface area (Å²) in [5, 5.41) is 3.94. The van der Waals surface area contributed by atoms with E-state index in [1.807, 2.05) is 42.1 Å². The molecule has 0 radical (unpaired) electrons. The van der Waals surface area contributed by atoms with Crippen molar-refractivity contribution in [3.05, 3.63) is 58.8 Å². The monoisotopic (exact) mass is 420 g/mol. The number of rotatable bonds is 1. The summed E-state index contributed by atoms with van der Waals surface area (Å²) in [4.78, 5) is 17.9. The first-order chi connectivity index (χ1) is 14.0. The summed E-state index contributed by atoms with van der Waals surface area (Å²) in [7, 11) is 0. The van der Waals surface area contributed by atoms with Gasteiger partial charge >= 0.3 is 0 Å².